The topological polar surface area (TPSA) is 49.3 Å². The van der Waals surface area contributed by atoms with Crippen molar-refractivity contribution in [3.8, 4) is 0 Å². The van der Waals surface area contributed by atoms with Gasteiger partial charge in [0.1, 0.15) is 6.04 Å². The summed E-state index contributed by atoms with van der Waals surface area (Å²) in [7, 11) is 0. The van der Waals surface area contributed by atoms with E-state index in [0.29, 0.717) is 6.04 Å². The van der Waals surface area contributed by atoms with E-state index < -0.39 is 5.97 Å². The van der Waals surface area contributed by atoms with E-state index in [-0.39, 0.29) is 6.04 Å². The molecule has 0 unspecified atom stereocenters. The monoisotopic (exact) mass is 255 g/mol. The third-order valence-corrected chi connectivity index (χ3v) is 4.30. The maximum Gasteiger partial charge on any atom is 0.320 e. The number of hydrogen-bond donors (Lipinski definition) is 2. The van der Waals surface area contributed by atoms with Crippen molar-refractivity contribution < 1.29 is 9.90 Å². The van der Waals surface area contributed by atoms with Gasteiger partial charge in [0.05, 0.1) is 0 Å². The molecule has 0 saturated heterocycles. The molecule has 0 aromatic heterocycles. The molecule has 2 N–H and O–H groups in total. The number of unbranched alkanes of at least 4 members (excludes halogenated alkanes) is 1. The lowest BCUT2D eigenvalue weighted by Gasteiger charge is -2.33. The average Bonchev–Trinajstić information content (AvgIpc) is 2.34. The first kappa shape index (κ1) is 15.5. The standard InChI is InChI=1S/C15H29NO2/c1-4-5-6-14(15(17)18)16-13-9-7-12(8-10-13)11(2)3/h11-14,16H,4-10H2,1-3H3,(H,17,18)/t12?,13?,14-/m0/s1. The second kappa shape index (κ2) is 7.78. The first-order valence-electron chi connectivity index (χ1n) is 7.53. The molecule has 0 bridgehead atoms. The quantitative estimate of drug-likeness (QED) is 0.732. The van der Waals surface area contributed by atoms with Crippen molar-refractivity contribution in [3.05, 3.63) is 0 Å². The Morgan fingerprint density at radius 2 is 1.89 bits per heavy atom. The molecule has 106 valence electrons. The molecule has 1 rings (SSSR count). The summed E-state index contributed by atoms with van der Waals surface area (Å²) in [5, 5.41) is 12.6. The zero-order valence-electron chi connectivity index (χ0n) is 12.1. The van der Waals surface area contributed by atoms with Gasteiger partial charge in [0.15, 0.2) is 0 Å². The van der Waals surface area contributed by atoms with Gasteiger partial charge in [-0.2, -0.15) is 0 Å². The molecule has 0 heterocycles. The van der Waals surface area contributed by atoms with Crippen molar-refractivity contribution in [2.24, 2.45) is 11.8 Å². The largest absolute Gasteiger partial charge is 0.480 e. The summed E-state index contributed by atoms with van der Waals surface area (Å²) in [6.07, 6.45) is 7.58. The first-order valence-corrected chi connectivity index (χ1v) is 7.53. The van der Waals surface area contributed by atoms with Crippen LogP contribution in [0.5, 0.6) is 0 Å². The lowest BCUT2D eigenvalue weighted by Crippen LogP contribution is -2.45. The Morgan fingerprint density at radius 1 is 1.28 bits per heavy atom. The van der Waals surface area contributed by atoms with E-state index in [1.807, 2.05) is 0 Å². The minimum Gasteiger partial charge on any atom is -0.480 e. The summed E-state index contributed by atoms with van der Waals surface area (Å²) < 4.78 is 0. The highest BCUT2D eigenvalue weighted by Gasteiger charge is 2.26. The molecule has 0 radical (unpaired) electrons. The normalized spacial score (nSPS) is 26.2. The Labute approximate surface area is 111 Å². The third kappa shape index (κ3) is 4.97. The first-order chi connectivity index (χ1) is 8.54. The van der Waals surface area contributed by atoms with E-state index in [9.17, 15) is 9.90 Å². The predicted molar refractivity (Wildman–Crippen MR) is 74.7 cm³/mol. The number of rotatable bonds is 7. The number of carbonyl (C=O) groups is 1. The summed E-state index contributed by atoms with van der Waals surface area (Å²) in [5.41, 5.74) is 0. The summed E-state index contributed by atoms with van der Waals surface area (Å²) in [6, 6.07) is 0.0727. The Balaban J connectivity index is 2.35. The van der Waals surface area contributed by atoms with Crippen LogP contribution in [-0.4, -0.2) is 23.2 Å². The molecular formula is C15H29NO2. The van der Waals surface area contributed by atoms with Crippen LogP contribution in [-0.2, 0) is 4.79 Å². The highest BCUT2D eigenvalue weighted by molar-refractivity contribution is 5.73. The van der Waals surface area contributed by atoms with Crippen LogP contribution in [0.25, 0.3) is 0 Å². The highest BCUT2D eigenvalue weighted by atomic mass is 16.4. The molecule has 3 nitrogen and oxygen atoms in total. The van der Waals surface area contributed by atoms with Gasteiger partial charge in [-0.05, 0) is 43.9 Å². The number of carboxylic acid groups (broad SMARTS) is 1. The molecular weight excluding hydrogens is 226 g/mol. The second-order valence-corrected chi connectivity index (χ2v) is 6.06. The summed E-state index contributed by atoms with van der Waals surface area (Å²) in [6.45, 7) is 6.69. The molecule has 1 fully saturated rings. The van der Waals surface area contributed by atoms with E-state index in [1.165, 1.54) is 12.8 Å². The second-order valence-electron chi connectivity index (χ2n) is 6.06. The lowest BCUT2D eigenvalue weighted by atomic mass is 9.79. The van der Waals surface area contributed by atoms with Gasteiger partial charge in [0.25, 0.3) is 0 Å². The van der Waals surface area contributed by atoms with Crippen molar-refractivity contribution in [1.29, 1.82) is 0 Å². The van der Waals surface area contributed by atoms with Crippen molar-refractivity contribution in [3.63, 3.8) is 0 Å². The molecule has 1 aliphatic rings. The molecule has 0 aromatic carbocycles. The van der Waals surface area contributed by atoms with Crippen LogP contribution in [0.15, 0.2) is 0 Å². The Morgan fingerprint density at radius 3 is 2.33 bits per heavy atom. The fourth-order valence-electron chi connectivity index (χ4n) is 2.92. The van der Waals surface area contributed by atoms with Crippen LogP contribution in [0.3, 0.4) is 0 Å². The molecule has 1 atom stereocenters. The lowest BCUT2D eigenvalue weighted by molar-refractivity contribution is -0.140. The number of carboxylic acids is 1. The number of nitrogens with one attached hydrogen (secondary N) is 1. The number of hydrogen-bond acceptors (Lipinski definition) is 2. The van der Waals surface area contributed by atoms with E-state index in [4.69, 9.17) is 0 Å². The molecule has 0 aliphatic heterocycles. The van der Waals surface area contributed by atoms with Crippen LogP contribution in [0, 0.1) is 11.8 Å². The summed E-state index contributed by atoms with van der Waals surface area (Å²) in [4.78, 5) is 11.2. The average molecular weight is 255 g/mol. The zero-order chi connectivity index (χ0) is 13.5. The van der Waals surface area contributed by atoms with Crippen molar-refractivity contribution >= 4 is 5.97 Å². The van der Waals surface area contributed by atoms with Gasteiger partial charge in [-0.1, -0.05) is 33.6 Å². The molecule has 1 saturated carbocycles. The molecule has 3 heteroatoms. The maximum absolute atomic E-state index is 11.2. The van der Waals surface area contributed by atoms with Gasteiger partial charge in [-0.25, -0.2) is 0 Å². The van der Waals surface area contributed by atoms with Crippen LogP contribution in [0.4, 0.5) is 0 Å². The molecule has 18 heavy (non-hydrogen) atoms. The summed E-state index contributed by atoms with van der Waals surface area (Å²) >= 11 is 0. The van der Waals surface area contributed by atoms with Crippen LogP contribution in [0.1, 0.15) is 65.7 Å². The van der Waals surface area contributed by atoms with Crippen LogP contribution in [0.2, 0.25) is 0 Å². The fraction of sp³-hybridized carbons (Fsp3) is 0.933. The van der Waals surface area contributed by atoms with Gasteiger partial charge < -0.3 is 10.4 Å². The van der Waals surface area contributed by atoms with Gasteiger partial charge in [-0.15, -0.1) is 0 Å². The van der Waals surface area contributed by atoms with Crippen molar-refractivity contribution in [2.75, 3.05) is 0 Å². The third-order valence-electron chi connectivity index (χ3n) is 4.30. The molecule has 0 spiro atoms. The molecule has 0 amide bonds. The minimum atomic E-state index is -0.686. The van der Waals surface area contributed by atoms with Crippen LogP contribution >= 0.6 is 0 Å². The minimum absolute atomic E-state index is 0.342. The van der Waals surface area contributed by atoms with Gasteiger partial charge in [-0.3, -0.25) is 4.79 Å². The maximum atomic E-state index is 11.2. The predicted octanol–water partition coefficient (Wildman–Crippen LogP) is 3.43. The van der Waals surface area contributed by atoms with Crippen LogP contribution < -0.4 is 5.32 Å². The smallest absolute Gasteiger partial charge is 0.320 e. The van der Waals surface area contributed by atoms with E-state index >= 15 is 0 Å². The Kier molecular flexibility index (Phi) is 6.69. The van der Waals surface area contributed by atoms with Crippen molar-refractivity contribution in [2.45, 2.75) is 77.8 Å². The summed E-state index contributed by atoms with van der Waals surface area (Å²) in [5.74, 6) is 0.915. The van der Waals surface area contributed by atoms with E-state index in [2.05, 4.69) is 26.1 Å². The van der Waals surface area contributed by atoms with Gasteiger partial charge >= 0.3 is 5.97 Å². The van der Waals surface area contributed by atoms with Gasteiger partial charge in [0, 0.05) is 6.04 Å². The zero-order valence-corrected chi connectivity index (χ0v) is 12.1. The SMILES string of the molecule is CCCC[C@H](NC1CCC(C(C)C)CC1)C(=O)O. The molecule has 0 aromatic rings. The van der Waals surface area contributed by atoms with Crippen molar-refractivity contribution in [1.82, 2.24) is 5.32 Å². The van der Waals surface area contributed by atoms with Gasteiger partial charge in [0.2, 0.25) is 0 Å². The fourth-order valence-corrected chi connectivity index (χ4v) is 2.92. The van der Waals surface area contributed by atoms with E-state index in [0.717, 1.165) is 43.9 Å². The number of aliphatic carboxylic acids is 1. The molecule has 1 aliphatic carbocycles. The van der Waals surface area contributed by atoms with E-state index in [1.54, 1.807) is 0 Å². The Bertz CT molecular complexity index is 245. The highest BCUT2D eigenvalue weighted by Crippen LogP contribution is 2.30. The Hall–Kier alpha value is -0.570.